The highest BCUT2D eigenvalue weighted by Gasteiger charge is 2.29. The number of rotatable bonds is 19. The fourth-order valence-corrected chi connectivity index (χ4v) is 6.25. The second kappa shape index (κ2) is 17.6. The summed E-state index contributed by atoms with van der Waals surface area (Å²) in [6.07, 6.45) is 5.87. The van der Waals surface area contributed by atoms with Crippen LogP contribution in [0.1, 0.15) is 92.9 Å². The number of aliphatic hydroxyl groups is 5. The normalized spacial score (nSPS) is 21.0. The molecule has 9 unspecified atom stereocenters. The predicted molar refractivity (Wildman–Crippen MR) is 132 cm³/mol. The average molecular weight is 465 g/mol. The van der Waals surface area contributed by atoms with E-state index in [4.69, 9.17) is 10.2 Å². The minimum Gasteiger partial charge on any atom is -0.396 e. The van der Waals surface area contributed by atoms with Crippen molar-refractivity contribution in [2.75, 3.05) is 13.2 Å². The van der Waals surface area contributed by atoms with Gasteiger partial charge in [-0.3, -0.25) is 0 Å². The first-order valence-corrected chi connectivity index (χ1v) is 13.4. The van der Waals surface area contributed by atoms with E-state index in [0.717, 1.165) is 44.9 Å². The van der Waals surface area contributed by atoms with Gasteiger partial charge in [0.2, 0.25) is 0 Å². The minimum absolute atomic E-state index is 0.0305. The first-order valence-electron chi connectivity index (χ1n) is 12.5. The molecule has 0 aliphatic carbocycles. The van der Waals surface area contributed by atoms with Crippen molar-refractivity contribution >= 4 is 11.8 Å². The van der Waals surface area contributed by atoms with E-state index in [1.54, 1.807) is 11.8 Å². The van der Waals surface area contributed by atoms with Crippen LogP contribution >= 0.6 is 11.8 Å². The maximum absolute atomic E-state index is 10.9. The lowest BCUT2D eigenvalue weighted by Gasteiger charge is -2.32. The van der Waals surface area contributed by atoms with Crippen LogP contribution in [0.25, 0.3) is 0 Å². The van der Waals surface area contributed by atoms with E-state index in [-0.39, 0.29) is 35.5 Å². The molecule has 5 nitrogen and oxygen atoms in total. The summed E-state index contributed by atoms with van der Waals surface area (Å²) in [6, 6.07) is 0. The third-order valence-corrected chi connectivity index (χ3v) is 8.12. The molecule has 0 aromatic heterocycles. The second-order valence-corrected chi connectivity index (χ2v) is 11.8. The number of hydrogen-bond donors (Lipinski definition) is 5. The molecule has 0 aliphatic heterocycles. The smallest absolute Gasteiger partial charge is 0.0771 e. The molecule has 0 fully saturated rings. The van der Waals surface area contributed by atoms with E-state index >= 15 is 0 Å². The van der Waals surface area contributed by atoms with Crippen LogP contribution in [0.4, 0.5) is 0 Å². The topological polar surface area (TPSA) is 101 Å². The number of aliphatic hydroxyl groups excluding tert-OH is 5. The fourth-order valence-electron chi connectivity index (χ4n) is 4.72. The summed E-state index contributed by atoms with van der Waals surface area (Å²) in [7, 11) is 0. The lowest BCUT2D eigenvalue weighted by Crippen LogP contribution is -2.35. The van der Waals surface area contributed by atoms with Gasteiger partial charge in [0.1, 0.15) is 0 Å². The van der Waals surface area contributed by atoms with E-state index in [1.807, 2.05) is 6.92 Å². The Hall–Kier alpha value is 0.150. The fraction of sp³-hybridized carbons (Fsp3) is 1.00. The summed E-state index contributed by atoms with van der Waals surface area (Å²) in [5, 5.41) is 49.4. The summed E-state index contributed by atoms with van der Waals surface area (Å²) in [4.78, 5) is 0. The van der Waals surface area contributed by atoms with E-state index in [9.17, 15) is 15.3 Å². The first kappa shape index (κ1) is 31.1. The molecule has 0 rings (SSSR count). The molecule has 0 saturated carbocycles. The van der Waals surface area contributed by atoms with E-state index < -0.39 is 18.3 Å². The van der Waals surface area contributed by atoms with Crippen molar-refractivity contribution in [1.29, 1.82) is 0 Å². The van der Waals surface area contributed by atoms with Crippen molar-refractivity contribution in [3.63, 3.8) is 0 Å². The molecule has 188 valence electrons. The Morgan fingerprint density at radius 2 is 1.26 bits per heavy atom. The van der Waals surface area contributed by atoms with Gasteiger partial charge in [0.25, 0.3) is 0 Å². The Bertz CT molecular complexity index is 425. The van der Waals surface area contributed by atoms with Crippen LogP contribution in [0.3, 0.4) is 0 Å². The molecule has 0 aromatic rings. The molecule has 0 saturated heterocycles. The van der Waals surface area contributed by atoms with Gasteiger partial charge in [0, 0.05) is 17.1 Å². The van der Waals surface area contributed by atoms with Gasteiger partial charge >= 0.3 is 0 Å². The van der Waals surface area contributed by atoms with Crippen molar-refractivity contribution in [2.45, 2.75) is 122 Å². The largest absolute Gasteiger partial charge is 0.396 e. The van der Waals surface area contributed by atoms with Gasteiger partial charge in [-0.05, 0) is 62.2 Å². The monoisotopic (exact) mass is 464 g/mol. The summed E-state index contributed by atoms with van der Waals surface area (Å²) in [5.41, 5.74) is 0. The molecule has 31 heavy (non-hydrogen) atoms. The lowest BCUT2D eigenvalue weighted by atomic mass is 9.85. The summed E-state index contributed by atoms with van der Waals surface area (Å²) in [6.45, 7) is 12.6. The molecule has 0 radical (unpaired) electrons. The number of hydrogen-bond acceptors (Lipinski definition) is 6. The zero-order valence-electron chi connectivity index (χ0n) is 20.9. The Morgan fingerprint density at radius 1 is 0.710 bits per heavy atom. The van der Waals surface area contributed by atoms with Crippen LogP contribution in [-0.2, 0) is 0 Å². The molecule has 0 spiro atoms. The molecular weight excluding hydrogens is 412 g/mol. The van der Waals surface area contributed by atoms with Crippen molar-refractivity contribution in [2.24, 2.45) is 23.7 Å². The molecule has 0 bridgehead atoms. The van der Waals surface area contributed by atoms with Gasteiger partial charge < -0.3 is 25.5 Å². The second-order valence-electron chi connectivity index (χ2n) is 9.99. The molecule has 5 N–H and O–H groups in total. The van der Waals surface area contributed by atoms with Crippen LogP contribution < -0.4 is 0 Å². The highest BCUT2D eigenvalue weighted by molar-refractivity contribution is 8.00. The van der Waals surface area contributed by atoms with Crippen molar-refractivity contribution in [3.05, 3.63) is 0 Å². The molecule has 6 heteroatoms. The molecular formula is C25H52O5S. The minimum atomic E-state index is -0.651. The highest BCUT2D eigenvalue weighted by atomic mass is 32.2. The van der Waals surface area contributed by atoms with Crippen LogP contribution in [0.15, 0.2) is 0 Å². The predicted octanol–water partition coefficient (Wildman–Crippen LogP) is 4.23. The van der Waals surface area contributed by atoms with Crippen molar-refractivity contribution in [1.82, 2.24) is 0 Å². The molecule has 0 aliphatic rings. The third-order valence-electron chi connectivity index (χ3n) is 6.71. The maximum Gasteiger partial charge on any atom is 0.0771 e. The summed E-state index contributed by atoms with van der Waals surface area (Å²) < 4.78 is 0. The van der Waals surface area contributed by atoms with Gasteiger partial charge in [-0.2, -0.15) is 11.8 Å². The van der Waals surface area contributed by atoms with Crippen LogP contribution in [0.2, 0.25) is 0 Å². The first-order chi connectivity index (χ1) is 14.6. The van der Waals surface area contributed by atoms with E-state index in [1.165, 1.54) is 0 Å². The Morgan fingerprint density at radius 3 is 1.74 bits per heavy atom. The van der Waals surface area contributed by atoms with Gasteiger partial charge in [0.05, 0.1) is 24.9 Å². The average Bonchev–Trinajstić information content (AvgIpc) is 2.74. The Kier molecular flexibility index (Phi) is 17.7. The highest BCUT2D eigenvalue weighted by Crippen LogP contribution is 2.33. The summed E-state index contributed by atoms with van der Waals surface area (Å²) in [5.74, 6) is 1.25. The van der Waals surface area contributed by atoms with Crippen molar-refractivity contribution < 1.29 is 25.5 Å². The molecule has 0 aromatic carbocycles. The Balaban J connectivity index is 4.56. The zero-order chi connectivity index (χ0) is 24.0. The van der Waals surface area contributed by atoms with Crippen LogP contribution in [0.5, 0.6) is 0 Å². The zero-order valence-corrected chi connectivity index (χ0v) is 21.7. The quantitative estimate of drug-likeness (QED) is 0.196. The van der Waals surface area contributed by atoms with Crippen LogP contribution in [-0.4, -0.2) is 67.6 Å². The van der Waals surface area contributed by atoms with Gasteiger partial charge in [0.15, 0.2) is 0 Å². The van der Waals surface area contributed by atoms with Crippen LogP contribution in [0, 0.1) is 23.7 Å². The summed E-state index contributed by atoms with van der Waals surface area (Å²) >= 11 is 1.67. The standard InChI is InChI=1S/C25H52O5S/c1-7-9-22(10-8-13-26)15-19(4)25(30)21(6)31-20(5)24(29)18(3)14-17(2)11-12-23(28)16-27/h17-30H,7-16H2,1-6H3. The SMILES string of the molecule is CCCC(CCCO)CC(C)C(O)C(C)SC(C)C(O)C(C)CC(C)CCC(O)CO. The lowest BCUT2D eigenvalue weighted by molar-refractivity contribution is 0.0760. The van der Waals surface area contributed by atoms with E-state index in [2.05, 4.69) is 34.6 Å². The van der Waals surface area contributed by atoms with Gasteiger partial charge in [-0.15, -0.1) is 0 Å². The Labute approximate surface area is 196 Å². The van der Waals surface area contributed by atoms with Gasteiger partial charge in [-0.25, -0.2) is 0 Å². The van der Waals surface area contributed by atoms with Crippen molar-refractivity contribution in [3.8, 4) is 0 Å². The maximum atomic E-state index is 10.9. The van der Waals surface area contributed by atoms with E-state index in [0.29, 0.717) is 18.3 Å². The molecule has 0 amide bonds. The third kappa shape index (κ3) is 13.4. The molecule has 0 heterocycles. The van der Waals surface area contributed by atoms with Gasteiger partial charge in [-0.1, -0.05) is 54.4 Å². The number of thioether (sulfide) groups is 1. The molecule has 9 atom stereocenters.